The Hall–Kier alpha value is -2.25. The number of nitrogens with zero attached hydrogens (tertiary/aromatic N) is 2. The lowest BCUT2D eigenvalue weighted by Gasteiger charge is -2.33. The van der Waals surface area contributed by atoms with Crippen LogP contribution < -0.4 is 4.72 Å². The van der Waals surface area contributed by atoms with Crippen LogP contribution in [0.1, 0.15) is 52.8 Å². The highest BCUT2D eigenvalue weighted by molar-refractivity contribution is 7.93. The Bertz CT molecular complexity index is 931. The number of aromatic amines is 1. The molecule has 0 fully saturated rings. The van der Waals surface area contributed by atoms with Gasteiger partial charge in [-0.25, -0.2) is 18.1 Å². The van der Waals surface area contributed by atoms with Crippen molar-refractivity contribution in [3.8, 4) is 0 Å². The third-order valence-corrected chi connectivity index (χ3v) is 6.47. The van der Waals surface area contributed by atoms with E-state index in [1.807, 2.05) is 50.3 Å². The Morgan fingerprint density at radius 3 is 2.64 bits per heavy atom. The van der Waals surface area contributed by atoms with Crippen molar-refractivity contribution in [2.24, 2.45) is 5.41 Å². The van der Waals surface area contributed by atoms with Gasteiger partial charge in [-0.3, -0.25) is 5.10 Å². The summed E-state index contributed by atoms with van der Waals surface area (Å²) in [5, 5.41) is 6.61. The molecule has 2 N–H and O–H groups in total. The highest BCUT2D eigenvalue weighted by Gasteiger charge is 2.33. The van der Waals surface area contributed by atoms with Crippen molar-refractivity contribution in [1.82, 2.24) is 19.9 Å². The molecule has 0 aliphatic heterocycles. The van der Waals surface area contributed by atoms with Crippen LogP contribution in [0, 0.1) is 5.41 Å². The SMILES string of the molecule is CNS(=O)(=O)C1=C(/C=C/C(C)=C/C=C/C(C)=C/c2ncn[nH]2)C(C)(C)CCC1. The molecule has 1 aliphatic carbocycles. The maximum atomic E-state index is 12.4. The van der Waals surface area contributed by atoms with E-state index < -0.39 is 10.0 Å². The zero-order valence-electron chi connectivity index (χ0n) is 17.3. The van der Waals surface area contributed by atoms with Crippen molar-refractivity contribution in [2.75, 3.05) is 7.05 Å². The van der Waals surface area contributed by atoms with Crippen LogP contribution in [-0.2, 0) is 10.0 Å². The van der Waals surface area contributed by atoms with Crippen molar-refractivity contribution in [3.05, 3.63) is 64.2 Å². The molecule has 0 unspecified atom stereocenters. The fourth-order valence-corrected chi connectivity index (χ4v) is 4.52. The summed E-state index contributed by atoms with van der Waals surface area (Å²) in [7, 11) is -1.95. The molecule has 152 valence electrons. The van der Waals surface area contributed by atoms with Gasteiger partial charge in [-0.2, -0.15) is 5.10 Å². The number of nitrogens with one attached hydrogen (secondary N) is 2. The summed E-state index contributed by atoms with van der Waals surface area (Å²) >= 11 is 0. The number of H-pyrrole nitrogens is 1. The molecule has 0 saturated heterocycles. The molecule has 1 aliphatic rings. The van der Waals surface area contributed by atoms with E-state index in [4.69, 9.17) is 0 Å². The maximum Gasteiger partial charge on any atom is 0.236 e. The molecule has 1 aromatic rings. The Morgan fingerprint density at radius 1 is 1.25 bits per heavy atom. The summed E-state index contributed by atoms with van der Waals surface area (Å²) in [4.78, 5) is 4.58. The van der Waals surface area contributed by atoms with Crippen LogP contribution in [0.5, 0.6) is 0 Å². The van der Waals surface area contributed by atoms with Gasteiger partial charge < -0.3 is 0 Å². The van der Waals surface area contributed by atoms with E-state index in [2.05, 4.69) is 33.8 Å². The molecule has 28 heavy (non-hydrogen) atoms. The lowest BCUT2D eigenvalue weighted by Crippen LogP contribution is -2.28. The molecule has 2 rings (SSSR count). The number of sulfonamides is 1. The second kappa shape index (κ2) is 9.30. The quantitative estimate of drug-likeness (QED) is 0.666. The van der Waals surface area contributed by atoms with Crippen molar-refractivity contribution in [1.29, 1.82) is 0 Å². The summed E-state index contributed by atoms with van der Waals surface area (Å²) in [5.74, 6) is 0.715. The summed E-state index contributed by atoms with van der Waals surface area (Å²) in [6.07, 6.45) is 15.7. The second-order valence-corrected chi connectivity index (χ2v) is 9.55. The van der Waals surface area contributed by atoms with Gasteiger partial charge in [0.1, 0.15) is 12.2 Å². The fraction of sp³-hybridized carbons (Fsp3) is 0.429. The highest BCUT2D eigenvalue weighted by atomic mass is 32.2. The lowest BCUT2D eigenvalue weighted by molar-refractivity contribution is 0.381. The van der Waals surface area contributed by atoms with Crippen molar-refractivity contribution in [3.63, 3.8) is 0 Å². The minimum absolute atomic E-state index is 0.166. The number of allylic oxidation sites excluding steroid dienone is 9. The van der Waals surface area contributed by atoms with Crippen LogP contribution in [0.2, 0.25) is 0 Å². The smallest absolute Gasteiger partial charge is 0.236 e. The van der Waals surface area contributed by atoms with E-state index in [0.29, 0.717) is 17.2 Å². The zero-order valence-corrected chi connectivity index (χ0v) is 18.1. The zero-order chi connectivity index (χ0) is 20.8. The largest absolute Gasteiger partial charge is 0.260 e. The van der Waals surface area contributed by atoms with Crippen LogP contribution in [0.4, 0.5) is 0 Å². The summed E-state index contributed by atoms with van der Waals surface area (Å²) in [6.45, 7) is 8.20. The summed E-state index contributed by atoms with van der Waals surface area (Å²) in [6, 6.07) is 0. The molecule has 0 saturated carbocycles. The molecule has 6 nitrogen and oxygen atoms in total. The molecule has 0 aromatic carbocycles. The molecule has 0 amide bonds. The van der Waals surface area contributed by atoms with Crippen LogP contribution in [0.25, 0.3) is 6.08 Å². The normalized spacial score (nSPS) is 19.2. The fourth-order valence-electron chi connectivity index (χ4n) is 3.23. The van der Waals surface area contributed by atoms with E-state index in [0.717, 1.165) is 29.6 Å². The first-order chi connectivity index (χ1) is 13.2. The maximum absolute atomic E-state index is 12.4. The predicted octanol–water partition coefficient (Wildman–Crippen LogP) is 4.28. The first-order valence-electron chi connectivity index (χ1n) is 9.39. The summed E-state index contributed by atoms with van der Waals surface area (Å²) < 4.78 is 27.3. The van der Waals surface area contributed by atoms with E-state index in [1.54, 1.807) is 0 Å². The lowest BCUT2D eigenvalue weighted by atomic mass is 9.75. The average Bonchev–Trinajstić information content (AvgIpc) is 3.12. The van der Waals surface area contributed by atoms with Gasteiger partial charge in [-0.1, -0.05) is 49.8 Å². The first-order valence-corrected chi connectivity index (χ1v) is 10.9. The van der Waals surface area contributed by atoms with E-state index >= 15 is 0 Å². The molecule has 0 spiro atoms. The Kier molecular flexibility index (Phi) is 7.32. The van der Waals surface area contributed by atoms with Crippen LogP contribution in [0.3, 0.4) is 0 Å². The Morgan fingerprint density at radius 2 is 2.00 bits per heavy atom. The topological polar surface area (TPSA) is 87.7 Å². The third kappa shape index (κ3) is 5.87. The van der Waals surface area contributed by atoms with Crippen LogP contribution in [-0.4, -0.2) is 30.6 Å². The summed E-state index contributed by atoms with van der Waals surface area (Å²) in [5.41, 5.74) is 2.81. The van der Waals surface area contributed by atoms with Gasteiger partial charge in [0, 0.05) is 0 Å². The Labute approximate surface area is 168 Å². The van der Waals surface area contributed by atoms with Crippen molar-refractivity contribution in [2.45, 2.75) is 47.0 Å². The molecule has 1 aromatic heterocycles. The second-order valence-electron chi connectivity index (χ2n) is 7.64. The van der Waals surface area contributed by atoms with E-state index in [1.165, 1.54) is 13.4 Å². The van der Waals surface area contributed by atoms with Crippen LogP contribution >= 0.6 is 0 Å². The van der Waals surface area contributed by atoms with Crippen molar-refractivity contribution >= 4 is 16.1 Å². The number of rotatable bonds is 7. The monoisotopic (exact) mass is 402 g/mol. The van der Waals surface area contributed by atoms with Gasteiger partial charge in [0.25, 0.3) is 0 Å². The van der Waals surface area contributed by atoms with Crippen molar-refractivity contribution < 1.29 is 8.42 Å². The number of aromatic nitrogens is 3. The third-order valence-electron chi connectivity index (χ3n) is 4.86. The van der Waals surface area contributed by atoms with Gasteiger partial charge in [0.05, 0.1) is 4.91 Å². The van der Waals surface area contributed by atoms with E-state index in [-0.39, 0.29) is 5.41 Å². The first kappa shape index (κ1) is 22.0. The molecule has 7 heteroatoms. The molecular weight excluding hydrogens is 372 g/mol. The molecule has 0 bridgehead atoms. The average molecular weight is 403 g/mol. The van der Waals surface area contributed by atoms with Crippen LogP contribution in [0.15, 0.2) is 58.3 Å². The molecule has 1 heterocycles. The predicted molar refractivity (Wildman–Crippen MR) is 115 cm³/mol. The molecule has 0 atom stereocenters. The minimum atomic E-state index is -3.42. The molecule has 0 radical (unpaired) electrons. The van der Waals surface area contributed by atoms with Gasteiger partial charge in [0.15, 0.2) is 0 Å². The van der Waals surface area contributed by atoms with Gasteiger partial charge >= 0.3 is 0 Å². The van der Waals surface area contributed by atoms with Gasteiger partial charge in [-0.05, 0) is 62.8 Å². The van der Waals surface area contributed by atoms with Gasteiger partial charge in [-0.15, -0.1) is 0 Å². The van der Waals surface area contributed by atoms with E-state index in [9.17, 15) is 8.42 Å². The Balaban J connectivity index is 2.21. The number of hydrogen-bond donors (Lipinski definition) is 2. The highest BCUT2D eigenvalue weighted by Crippen LogP contribution is 2.42. The minimum Gasteiger partial charge on any atom is -0.260 e. The molecular formula is C21H30N4O2S. The standard InChI is InChI=1S/C21H30N4O2S/c1-16(8-6-9-17(2)14-20-23-15-24-25-20)11-12-18-19(28(26,27)22-5)10-7-13-21(18,3)4/h6,8-9,11-12,14-15,22H,7,10,13H2,1-5H3,(H,23,24,25)/b9-6+,12-11+,16-8+,17-14+. The number of hydrogen-bond acceptors (Lipinski definition) is 4. The van der Waals surface area contributed by atoms with Gasteiger partial charge in [0.2, 0.25) is 10.0 Å².